The lowest BCUT2D eigenvalue weighted by molar-refractivity contribution is -0.257. The lowest BCUT2D eigenvalue weighted by Gasteiger charge is -2.33. The molecule has 0 unspecified atom stereocenters. The molecule has 1 aromatic carbocycles. The van der Waals surface area contributed by atoms with Gasteiger partial charge in [-0.15, -0.1) is 0 Å². The molecule has 4 aliphatic rings. The van der Waals surface area contributed by atoms with Gasteiger partial charge in [-0.3, -0.25) is 23.9 Å². The molecule has 2 amide bonds. The Bertz CT molecular complexity index is 2140. The second-order valence-electron chi connectivity index (χ2n) is 17.5. The number of allylic oxidation sites excluding steroid dienone is 2. The third-order valence-corrected chi connectivity index (χ3v) is 14.7. The number of amides is 2. The third-order valence-electron chi connectivity index (χ3n) is 12.6. The summed E-state index contributed by atoms with van der Waals surface area (Å²) in [6.07, 6.45) is -0.568. The smallest absolute Gasteiger partial charge is 0.427 e. The Kier molecular flexibility index (Phi) is 12.7. The average molecular weight is 870 g/mol. The van der Waals surface area contributed by atoms with Gasteiger partial charge in [0.15, 0.2) is 17.3 Å². The summed E-state index contributed by atoms with van der Waals surface area (Å²) in [5, 5.41) is 0.784. The summed E-state index contributed by atoms with van der Waals surface area (Å²) in [5.41, 5.74) is -4.40. The molecule has 60 heavy (non-hydrogen) atoms. The Morgan fingerprint density at radius 1 is 1.10 bits per heavy atom. The first-order valence-corrected chi connectivity index (χ1v) is 21.8. The Balaban J connectivity index is 1.36. The first-order valence-electron chi connectivity index (χ1n) is 20.4. The van der Waals surface area contributed by atoms with E-state index in [2.05, 4.69) is 9.71 Å². The zero-order chi connectivity index (χ0) is 44.0. The fourth-order valence-electron chi connectivity index (χ4n) is 8.47. The minimum Gasteiger partial charge on any atom is -0.491 e. The maximum atomic E-state index is 15.1. The Morgan fingerprint density at radius 2 is 1.82 bits per heavy atom. The van der Waals surface area contributed by atoms with Gasteiger partial charge in [-0.2, -0.15) is 13.2 Å². The van der Waals surface area contributed by atoms with E-state index in [9.17, 15) is 45.2 Å². The molecule has 18 heteroatoms. The standard InChI is InChI=1S/C42H52F5N3O9S/c1-6-57-34-16-26-11-14-48-36(30(26)18-31(34)44)58-28-17-32-33(51)21-41(38(54)49-60(55,56)40(23-43)12-13-40)20-27(41)10-8-7-9-24(2)15-25(3)29(37(53)50(32)22-28)19-35(52)59-39(4,5)42(45,46)47/h8,10-11,14,16,18,24-25,27-29,32H,6-7,9,12-13,15,17,19-23H2,1-5H3,(H,49,54)/b10-8-/t24-,25+,27+,28+,29-,32-,41+/m0/s1. The summed E-state index contributed by atoms with van der Waals surface area (Å²) in [4.78, 5) is 62.2. The molecule has 2 aromatic rings. The van der Waals surface area contributed by atoms with Crippen molar-refractivity contribution < 1.29 is 63.8 Å². The number of esters is 1. The second kappa shape index (κ2) is 16.8. The number of pyridine rings is 1. The largest absolute Gasteiger partial charge is 0.491 e. The summed E-state index contributed by atoms with van der Waals surface area (Å²) in [5.74, 6) is -6.69. The number of ketones is 1. The molecule has 2 aliphatic carbocycles. The van der Waals surface area contributed by atoms with Crippen LogP contribution in [0.25, 0.3) is 10.8 Å². The number of Topliss-reactive ketones (excluding diaryl/α,β-unsaturated/α-hetero) is 1. The van der Waals surface area contributed by atoms with Crippen LogP contribution in [-0.4, -0.2) is 90.4 Å². The number of hydrogen-bond donors (Lipinski definition) is 1. The number of rotatable bonds is 11. The number of carbonyl (C=O) groups excluding carboxylic acids is 4. The zero-order valence-corrected chi connectivity index (χ0v) is 35.1. The van der Waals surface area contributed by atoms with Gasteiger partial charge >= 0.3 is 12.1 Å². The number of alkyl halides is 4. The number of ether oxygens (including phenoxy) is 3. The van der Waals surface area contributed by atoms with Crippen molar-refractivity contribution in [3.8, 4) is 11.6 Å². The molecule has 12 nitrogen and oxygen atoms in total. The van der Waals surface area contributed by atoms with Gasteiger partial charge < -0.3 is 19.1 Å². The first-order chi connectivity index (χ1) is 28.1. The fraction of sp³-hybridized carbons (Fsp3) is 0.643. The molecule has 7 atom stereocenters. The molecule has 0 radical (unpaired) electrons. The molecule has 2 aliphatic heterocycles. The van der Waals surface area contributed by atoms with Crippen molar-refractivity contribution in [1.29, 1.82) is 0 Å². The summed E-state index contributed by atoms with van der Waals surface area (Å²) in [6.45, 7) is 5.51. The van der Waals surface area contributed by atoms with Crippen molar-refractivity contribution in [2.75, 3.05) is 19.8 Å². The minimum atomic E-state index is -4.91. The Hall–Kier alpha value is -4.35. The summed E-state index contributed by atoms with van der Waals surface area (Å²) in [6, 6.07) is 2.98. The lowest BCUT2D eigenvalue weighted by atomic mass is 9.82. The van der Waals surface area contributed by atoms with Crippen LogP contribution in [0, 0.1) is 34.9 Å². The molecule has 3 fully saturated rings. The average Bonchev–Trinajstić information content (AvgIpc) is 4.06. The van der Waals surface area contributed by atoms with E-state index >= 15 is 4.39 Å². The molecule has 2 saturated carbocycles. The van der Waals surface area contributed by atoms with Gasteiger partial charge in [-0.1, -0.05) is 26.0 Å². The van der Waals surface area contributed by atoms with Crippen LogP contribution in [0.15, 0.2) is 36.5 Å². The normalized spacial score (nSPS) is 29.1. The number of carbonyl (C=O) groups is 4. The van der Waals surface area contributed by atoms with Crippen LogP contribution in [0.1, 0.15) is 92.4 Å². The number of aromatic nitrogens is 1. The predicted octanol–water partition coefficient (Wildman–Crippen LogP) is 6.94. The van der Waals surface area contributed by atoms with E-state index in [0.29, 0.717) is 38.5 Å². The van der Waals surface area contributed by atoms with Crippen LogP contribution in [0.5, 0.6) is 11.6 Å². The molecule has 6 rings (SSSR count). The van der Waals surface area contributed by atoms with Crippen LogP contribution in [0.3, 0.4) is 0 Å². The molecular formula is C42H52F5N3O9S. The van der Waals surface area contributed by atoms with Gasteiger partial charge in [0.05, 0.1) is 36.9 Å². The van der Waals surface area contributed by atoms with E-state index in [1.165, 1.54) is 23.2 Å². The summed E-state index contributed by atoms with van der Waals surface area (Å²) in [7, 11) is -4.44. The number of halogens is 5. The highest BCUT2D eigenvalue weighted by atomic mass is 32.2. The van der Waals surface area contributed by atoms with Crippen LogP contribution in [0.4, 0.5) is 22.0 Å². The van der Waals surface area contributed by atoms with Crippen molar-refractivity contribution >= 4 is 44.4 Å². The quantitative estimate of drug-likeness (QED) is 0.143. The number of hydrogen-bond acceptors (Lipinski definition) is 10. The van der Waals surface area contributed by atoms with Crippen molar-refractivity contribution in [3.05, 3.63) is 42.4 Å². The molecule has 3 heterocycles. The second-order valence-corrected chi connectivity index (χ2v) is 19.6. The lowest BCUT2D eigenvalue weighted by Crippen LogP contribution is -2.49. The van der Waals surface area contributed by atoms with E-state index in [1.807, 2.05) is 13.0 Å². The third kappa shape index (κ3) is 9.13. The monoisotopic (exact) mass is 869 g/mol. The van der Waals surface area contributed by atoms with Crippen molar-refractivity contribution in [2.45, 2.75) is 121 Å². The van der Waals surface area contributed by atoms with Gasteiger partial charge in [-0.05, 0) is 101 Å². The van der Waals surface area contributed by atoms with Crippen LogP contribution >= 0.6 is 0 Å². The van der Waals surface area contributed by atoms with Crippen molar-refractivity contribution in [3.63, 3.8) is 0 Å². The van der Waals surface area contributed by atoms with Crippen LogP contribution in [0.2, 0.25) is 0 Å². The molecular weight excluding hydrogens is 818 g/mol. The SMILES string of the molecule is CCOc1cc2ccnc(O[C@@H]3C[C@H]4C(=O)C[C@]5(C(=O)NS(=O)(=O)C6(CF)CC6)C[C@H]5/C=C\CC[C@H](C)C[C@@H](C)[C@H](CC(=O)OC(C)(C)C(F)(F)F)C(=O)N4C3)c2cc1F. The van der Waals surface area contributed by atoms with E-state index in [0.717, 1.165) is 0 Å². The maximum Gasteiger partial charge on any atom is 0.427 e. The maximum absolute atomic E-state index is 15.1. The zero-order valence-electron chi connectivity index (χ0n) is 34.3. The number of fused-ring (bicyclic) bond motifs is 3. The van der Waals surface area contributed by atoms with Gasteiger partial charge in [0.25, 0.3) is 0 Å². The van der Waals surface area contributed by atoms with Gasteiger partial charge in [0.1, 0.15) is 17.5 Å². The minimum absolute atomic E-state index is 0.00715. The molecule has 1 saturated heterocycles. The predicted molar refractivity (Wildman–Crippen MR) is 208 cm³/mol. The molecule has 0 spiro atoms. The van der Waals surface area contributed by atoms with E-state index in [4.69, 9.17) is 14.2 Å². The van der Waals surface area contributed by atoms with E-state index in [1.54, 1.807) is 26.0 Å². The number of sulfonamides is 1. The van der Waals surface area contributed by atoms with Crippen molar-refractivity contribution in [2.24, 2.45) is 29.1 Å². The fourth-order valence-corrected chi connectivity index (χ4v) is 9.91. The Labute approximate surface area is 346 Å². The van der Waals surface area contributed by atoms with Crippen LogP contribution in [-0.2, 0) is 33.9 Å². The van der Waals surface area contributed by atoms with Crippen molar-refractivity contribution in [1.82, 2.24) is 14.6 Å². The first kappa shape index (κ1) is 45.2. The van der Waals surface area contributed by atoms with Gasteiger partial charge in [-0.25, -0.2) is 22.2 Å². The Morgan fingerprint density at radius 3 is 2.47 bits per heavy atom. The number of nitrogens with zero attached hydrogens (tertiary/aromatic N) is 2. The topological polar surface area (TPSA) is 158 Å². The summed E-state index contributed by atoms with van der Waals surface area (Å²) < 4.78 is 114. The highest BCUT2D eigenvalue weighted by Crippen LogP contribution is 2.58. The highest BCUT2D eigenvalue weighted by Gasteiger charge is 2.63. The molecule has 1 aromatic heterocycles. The highest BCUT2D eigenvalue weighted by molar-refractivity contribution is 7.91. The van der Waals surface area contributed by atoms with Gasteiger partial charge in [0.2, 0.25) is 33.3 Å². The number of nitrogens with one attached hydrogen (secondary N) is 1. The molecule has 330 valence electrons. The number of benzene rings is 1. The molecule has 1 N–H and O–H groups in total. The molecule has 0 bridgehead atoms. The van der Waals surface area contributed by atoms with E-state index < -0.39 is 111 Å². The van der Waals surface area contributed by atoms with Gasteiger partial charge in [0, 0.05) is 24.4 Å². The van der Waals surface area contributed by atoms with E-state index in [-0.39, 0.29) is 61.8 Å². The van der Waals surface area contributed by atoms with Crippen LogP contribution < -0.4 is 14.2 Å². The summed E-state index contributed by atoms with van der Waals surface area (Å²) >= 11 is 0.